The van der Waals surface area contributed by atoms with Gasteiger partial charge in [-0.15, -0.1) is 10.2 Å². The van der Waals surface area contributed by atoms with Crippen molar-refractivity contribution in [3.8, 4) is 17.1 Å². The van der Waals surface area contributed by atoms with E-state index in [1.54, 1.807) is 11.8 Å². The van der Waals surface area contributed by atoms with E-state index in [-0.39, 0.29) is 6.10 Å². The molecule has 3 aromatic carbocycles. The van der Waals surface area contributed by atoms with Crippen LogP contribution in [0.5, 0.6) is 5.75 Å². The van der Waals surface area contributed by atoms with Crippen LogP contribution >= 0.6 is 23.4 Å². The van der Waals surface area contributed by atoms with Crippen molar-refractivity contribution in [2.75, 3.05) is 5.75 Å². The topological polar surface area (TPSA) is 52.3 Å². The van der Waals surface area contributed by atoms with Gasteiger partial charge in [0.25, 0.3) is 0 Å². The minimum absolute atomic E-state index is 0.0452. The van der Waals surface area contributed by atoms with Crippen molar-refractivity contribution >= 4 is 29.1 Å². The van der Waals surface area contributed by atoms with Crippen molar-refractivity contribution in [2.24, 2.45) is 5.10 Å². The van der Waals surface area contributed by atoms with Gasteiger partial charge in [0.2, 0.25) is 5.16 Å². The SMILES string of the molecule is Clc1ccc(C2=Nn3c(nnc3-c3ccc4c(c3)O[C@@H](c3ccccc3)C4)SC2)cc1. The quantitative estimate of drug-likeness (QED) is 0.410. The lowest BCUT2D eigenvalue weighted by atomic mass is 10.0. The lowest BCUT2D eigenvalue weighted by Crippen LogP contribution is -2.13. The van der Waals surface area contributed by atoms with Gasteiger partial charge in [0, 0.05) is 22.8 Å². The van der Waals surface area contributed by atoms with Gasteiger partial charge in [-0.1, -0.05) is 78.0 Å². The van der Waals surface area contributed by atoms with Gasteiger partial charge in [0.1, 0.15) is 11.9 Å². The maximum absolute atomic E-state index is 6.27. The number of rotatable bonds is 3. The van der Waals surface area contributed by atoms with Gasteiger partial charge < -0.3 is 4.74 Å². The Kier molecular flexibility index (Phi) is 4.55. The first-order valence-corrected chi connectivity index (χ1v) is 11.4. The van der Waals surface area contributed by atoms with Gasteiger partial charge in [-0.3, -0.25) is 0 Å². The summed E-state index contributed by atoms with van der Waals surface area (Å²) in [6, 6.07) is 24.3. The maximum atomic E-state index is 6.27. The Morgan fingerprint density at radius 3 is 2.58 bits per heavy atom. The molecule has 0 N–H and O–H groups in total. The molecule has 0 spiro atoms. The number of fused-ring (bicyclic) bond motifs is 2. The van der Waals surface area contributed by atoms with Crippen LogP contribution in [0.15, 0.2) is 83.1 Å². The van der Waals surface area contributed by atoms with E-state index in [9.17, 15) is 0 Å². The Hall–Kier alpha value is -3.09. The molecule has 4 aromatic rings. The Bertz CT molecular complexity index is 1300. The van der Waals surface area contributed by atoms with Crippen LogP contribution < -0.4 is 4.74 Å². The highest BCUT2D eigenvalue weighted by Gasteiger charge is 2.26. The van der Waals surface area contributed by atoms with Crippen LogP contribution in [0, 0.1) is 0 Å². The molecular formula is C24H17ClN4OS. The number of thioether (sulfide) groups is 1. The fourth-order valence-corrected chi connectivity index (χ4v) is 4.88. The zero-order valence-electron chi connectivity index (χ0n) is 16.4. The van der Waals surface area contributed by atoms with Crippen LogP contribution in [0.25, 0.3) is 11.4 Å². The van der Waals surface area contributed by atoms with Gasteiger partial charge >= 0.3 is 0 Å². The molecule has 0 amide bonds. The highest BCUT2D eigenvalue weighted by molar-refractivity contribution is 7.99. The lowest BCUT2D eigenvalue weighted by molar-refractivity contribution is 0.239. The van der Waals surface area contributed by atoms with Crippen LogP contribution in [-0.2, 0) is 6.42 Å². The van der Waals surface area contributed by atoms with E-state index in [4.69, 9.17) is 21.4 Å². The molecule has 3 heterocycles. The summed E-state index contributed by atoms with van der Waals surface area (Å²) in [5, 5.41) is 15.1. The van der Waals surface area contributed by atoms with Crippen LogP contribution in [0.2, 0.25) is 5.02 Å². The van der Waals surface area contributed by atoms with Gasteiger partial charge in [0.05, 0.1) is 5.71 Å². The molecule has 0 fully saturated rings. The summed E-state index contributed by atoms with van der Waals surface area (Å²) < 4.78 is 8.09. The summed E-state index contributed by atoms with van der Waals surface area (Å²) >= 11 is 7.66. The third-order valence-corrected chi connectivity index (χ3v) is 6.70. The van der Waals surface area contributed by atoms with Crippen molar-refractivity contribution in [3.63, 3.8) is 0 Å². The average molecular weight is 445 g/mol. The van der Waals surface area contributed by atoms with Gasteiger partial charge in [0.15, 0.2) is 5.82 Å². The van der Waals surface area contributed by atoms with E-state index in [2.05, 4.69) is 34.5 Å². The number of aromatic nitrogens is 3. The predicted octanol–water partition coefficient (Wildman–Crippen LogP) is 5.63. The summed E-state index contributed by atoms with van der Waals surface area (Å²) in [7, 11) is 0. The maximum Gasteiger partial charge on any atom is 0.212 e. The van der Waals surface area contributed by atoms with E-state index < -0.39 is 0 Å². The normalized spacial score (nSPS) is 16.9. The summed E-state index contributed by atoms with van der Waals surface area (Å²) in [5.41, 5.74) is 5.35. The molecule has 0 radical (unpaired) electrons. The first kappa shape index (κ1) is 18.7. The average Bonchev–Trinajstić information content (AvgIpc) is 3.43. The van der Waals surface area contributed by atoms with Crippen molar-refractivity contribution in [1.29, 1.82) is 0 Å². The first-order chi connectivity index (χ1) is 15.2. The lowest BCUT2D eigenvalue weighted by Gasteiger charge is -2.14. The molecule has 0 unspecified atom stereocenters. The third-order valence-electron chi connectivity index (χ3n) is 5.52. The number of ether oxygens (including phenoxy) is 1. The van der Waals surface area contributed by atoms with E-state index in [1.165, 1.54) is 11.1 Å². The van der Waals surface area contributed by atoms with Crippen LogP contribution in [0.4, 0.5) is 0 Å². The summed E-state index contributed by atoms with van der Waals surface area (Å²) in [5.74, 6) is 2.35. The predicted molar refractivity (Wildman–Crippen MR) is 123 cm³/mol. The van der Waals surface area contributed by atoms with Gasteiger partial charge in [-0.05, 0) is 34.9 Å². The minimum atomic E-state index is 0.0452. The molecular weight excluding hydrogens is 428 g/mol. The smallest absolute Gasteiger partial charge is 0.212 e. The fraction of sp³-hybridized carbons (Fsp3) is 0.125. The minimum Gasteiger partial charge on any atom is -0.485 e. The highest BCUT2D eigenvalue weighted by atomic mass is 35.5. The zero-order chi connectivity index (χ0) is 20.8. The monoisotopic (exact) mass is 444 g/mol. The second kappa shape index (κ2) is 7.55. The molecule has 0 saturated heterocycles. The summed E-state index contributed by atoms with van der Waals surface area (Å²) in [6.45, 7) is 0. The highest BCUT2D eigenvalue weighted by Crippen LogP contribution is 2.39. The number of hydrogen-bond acceptors (Lipinski definition) is 5. The summed E-state index contributed by atoms with van der Waals surface area (Å²) in [4.78, 5) is 0. The third kappa shape index (κ3) is 3.42. The molecule has 1 atom stereocenters. The molecule has 0 aliphatic carbocycles. The second-order valence-electron chi connectivity index (χ2n) is 7.50. The van der Waals surface area contributed by atoms with Gasteiger partial charge in [-0.2, -0.15) is 9.78 Å². The van der Waals surface area contributed by atoms with Crippen molar-refractivity contribution in [3.05, 3.63) is 94.5 Å². The molecule has 0 saturated carbocycles. The van der Waals surface area contributed by atoms with Crippen LogP contribution in [0.1, 0.15) is 22.8 Å². The Labute approximate surface area is 188 Å². The van der Waals surface area contributed by atoms with Crippen LogP contribution in [-0.4, -0.2) is 26.3 Å². The van der Waals surface area contributed by atoms with Crippen molar-refractivity contribution in [2.45, 2.75) is 17.7 Å². The first-order valence-electron chi connectivity index (χ1n) is 10.0. The zero-order valence-corrected chi connectivity index (χ0v) is 18.0. The van der Waals surface area contributed by atoms with E-state index in [0.29, 0.717) is 10.8 Å². The van der Waals surface area contributed by atoms with Crippen molar-refractivity contribution < 1.29 is 4.74 Å². The fourth-order valence-electron chi connectivity index (χ4n) is 3.91. The number of benzene rings is 3. The molecule has 152 valence electrons. The number of halogens is 1. The molecule has 7 heteroatoms. The number of nitrogens with zero attached hydrogens (tertiary/aromatic N) is 4. The van der Waals surface area contributed by atoms with E-state index >= 15 is 0 Å². The largest absolute Gasteiger partial charge is 0.485 e. The Morgan fingerprint density at radius 2 is 1.74 bits per heavy atom. The molecule has 31 heavy (non-hydrogen) atoms. The van der Waals surface area contributed by atoms with Crippen molar-refractivity contribution in [1.82, 2.24) is 14.9 Å². The molecule has 2 aliphatic heterocycles. The Balaban J connectivity index is 1.33. The van der Waals surface area contributed by atoms with E-state index in [0.717, 1.165) is 39.9 Å². The standard InChI is InChI=1S/C24H17ClN4OS/c25-19-10-8-15(9-11-19)20-14-31-24-27-26-23(29(24)28-20)18-7-6-17-12-21(30-22(17)13-18)16-4-2-1-3-5-16/h1-11,13,21H,12,14H2/t21-/m1/s1. The second-order valence-corrected chi connectivity index (χ2v) is 8.88. The Morgan fingerprint density at radius 1 is 0.935 bits per heavy atom. The molecule has 2 aliphatic rings. The van der Waals surface area contributed by atoms with E-state index in [1.807, 2.05) is 53.2 Å². The molecule has 5 nitrogen and oxygen atoms in total. The summed E-state index contributed by atoms with van der Waals surface area (Å²) in [6.07, 6.45) is 0.913. The number of hydrogen-bond donors (Lipinski definition) is 0. The molecule has 6 rings (SSSR count). The van der Waals surface area contributed by atoms with Gasteiger partial charge in [-0.25, -0.2) is 0 Å². The van der Waals surface area contributed by atoms with Crippen LogP contribution in [0.3, 0.4) is 0 Å². The molecule has 1 aromatic heterocycles. The molecule has 0 bridgehead atoms.